The van der Waals surface area contributed by atoms with E-state index in [2.05, 4.69) is 4.74 Å². The number of benzene rings is 1. The molecule has 0 spiro atoms. The van der Waals surface area contributed by atoms with E-state index in [1.54, 1.807) is 5.32 Å². The highest BCUT2D eigenvalue weighted by Gasteiger charge is 2.31. The third kappa shape index (κ3) is 4.45. The summed E-state index contributed by atoms with van der Waals surface area (Å²) in [6.45, 7) is -1.10. The van der Waals surface area contributed by atoms with E-state index in [4.69, 9.17) is 0 Å². The fraction of sp³-hybridized carbons (Fsp3) is 0.200. The highest BCUT2D eigenvalue weighted by Crippen LogP contribution is 2.31. The summed E-state index contributed by atoms with van der Waals surface area (Å²) in [4.78, 5) is 20.9. The van der Waals surface area contributed by atoms with E-state index in [0.29, 0.717) is 18.2 Å². The van der Waals surface area contributed by atoms with Crippen LogP contribution in [0.5, 0.6) is 0 Å². The molecule has 1 rings (SSSR count). The van der Waals surface area contributed by atoms with Crippen molar-refractivity contribution in [1.82, 2.24) is 0 Å². The van der Waals surface area contributed by atoms with Gasteiger partial charge in [-0.3, -0.25) is 5.32 Å². The van der Waals surface area contributed by atoms with Gasteiger partial charge in [0, 0.05) is 0 Å². The molecule has 0 fully saturated rings. The number of hydrogen-bond donors (Lipinski definition) is 1. The van der Waals surface area contributed by atoms with Crippen LogP contribution >= 0.6 is 0 Å². The van der Waals surface area contributed by atoms with Crippen LogP contribution in [0.3, 0.4) is 0 Å². The van der Waals surface area contributed by atoms with Gasteiger partial charge < -0.3 is 14.6 Å². The molecule has 0 aliphatic heterocycles. The van der Waals surface area contributed by atoms with Crippen molar-refractivity contribution in [3.05, 3.63) is 29.6 Å². The number of halogens is 4. The number of hydrogen-bond acceptors (Lipinski definition) is 4. The quantitative estimate of drug-likeness (QED) is 0.842. The Bertz CT molecular complexity index is 501. The van der Waals surface area contributed by atoms with Crippen molar-refractivity contribution in [1.29, 1.82) is 0 Å². The van der Waals surface area contributed by atoms with E-state index in [9.17, 15) is 32.3 Å². The number of nitrogens with one attached hydrogen (secondary N) is 1. The summed E-state index contributed by atoms with van der Waals surface area (Å²) < 4.78 is 54.2. The van der Waals surface area contributed by atoms with Gasteiger partial charge in [0.2, 0.25) is 0 Å². The molecule has 0 saturated heterocycles. The Kier molecular flexibility index (Phi) is 4.30. The minimum absolute atomic E-state index is 0.357. The van der Waals surface area contributed by atoms with Crippen molar-refractivity contribution in [3.8, 4) is 0 Å². The average molecular weight is 280 g/mol. The van der Waals surface area contributed by atoms with Crippen LogP contribution < -0.4 is 10.4 Å². The Morgan fingerprint density at radius 1 is 1.32 bits per heavy atom. The monoisotopic (exact) mass is 280 g/mol. The molecule has 1 aromatic carbocycles. The number of anilines is 1. The molecule has 0 aromatic heterocycles. The van der Waals surface area contributed by atoms with Crippen LogP contribution in [0.2, 0.25) is 0 Å². The number of aliphatic carboxylic acids is 1. The molecule has 0 aliphatic rings. The van der Waals surface area contributed by atoms with E-state index in [1.807, 2.05) is 0 Å². The molecule has 0 atom stereocenters. The maximum absolute atomic E-state index is 13.2. The Morgan fingerprint density at radius 3 is 2.47 bits per heavy atom. The van der Waals surface area contributed by atoms with Crippen molar-refractivity contribution in [3.63, 3.8) is 0 Å². The SMILES string of the molecule is O=C([O-])COC(=O)Nc1cc(C(F)(F)F)ccc1F. The summed E-state index contributed by atoms with van der Waals surface area (Å²) in [5.41, 5.74) is -1.96. The molecule has 0 heterocycles. The van der Waals surface area contributed by atoms with Gasteiger partial charge in [0.1, 0.15) is 12.4 Å². The van der Waals surface area contributed by atoms with Gasteiger partial charge in [0.05, 0.1) is 17.2 Å². The van der Waals surface area contributed by atoms with E-state index in [-0.39, 0.29) is 0 Å². The maximum Gasteiger partial charge on any atom is 0.416 e. The summed E-state index contributed by atoms with van der Waals surface area (Å²) >= 11 is 0. The van der Waals surface area contributed by atoms with Crippen molar-refractivity contribution >= 4 is 17.7 Å². The first-order valence-electron chi connectivity index (χ1n) is 4.70. The maximum atomic E-state index is 13.2. The van der Waals surface area contributed by atoms with Gasteiger partial charge in [-0.25, -0.2) is 9.18 Å². The third-order valence-corrected chi connectivity index (χ3v) is 1.85. The van der Waals surface area contributed by atoms with E-state index >= 15 is 0 Å². The smallest absolute Gasteiger partial charge is 0.416 e. The molecule has 19 heavy (non-hydrogen) atoms. The zero-order chi connectivity index (χ0) is 14.6. The molecule has 0 unspecified atom stereocenters. The largest absolute Gasteiger partial charge is 0.546 e. The lowest BCUT2D eigenvalue weighted by molar-refractivity contribution is -0.308. The van der Waals surface area contributed by atoms with Gasteiger partial charge in [-0.1, -0.05) is 0 Å². The Balaban J connectivity index is 2.83. The molecule has 1 N–H and O–H groups in total. The molecular formula is C10H6F4NO4-. The fourth-order valence-corrected chi connectivity index (χ4v) is 1.07. The predicted octanol–water partition coefficient (Wildman–Crippen LogP) is 1.14. The van der Waals surface area contributed by atoms with E-state index in [0.717, 1.165) is 0 Å². The second kappa shape index (κ2) is 5.55. The van der Waals surface area contributed by atoms with Crippen LogP contribution in [0, 0.1) is 5.82 Å². The summed E-state index contributed by atoms with van der Waals surface area (Å²) in [5, 5.41) is 11.6. The number of carboxylic acid groups (broad SMARTS) is 1. The third-order valence-electron chi connectivity index (χ3n) is 1.85. The standard InChI is InChI=1S/C10H7F4NO4/c11-6-2-1-5(10(12,13)14)3-7(6)15-9(18)19-4-8(16)17/h1-3H,4H2,(H,15,18)(H,16,17)/p-1. The number of ether oxygens (including phenoxy) is 1. The Hall–Kier alpha value is -2.32. The van der Waals surface area contributed by atoms with Crippen LogP contribution in [-0.4, -0.2) is 18.7 Å². The fourth-order valence-electron chi connectivity index (χ4n) is 1.07. The second-order valence-electron chi connectivity index (χ2n) is 3.27. The van der Waals surface area contributed by atoms with Gasteiger partial charge in [-0.2, -0.15) is 13.2 Å². The first-order valence-corrected chi connectivity index (χ1v) is 4.70. The summed E-state index contributed by atoms with van der Waals surface area (Å²) in [6, 6.07) is 1.36. The topological polar surface area (TPSA) is 78.5 Å². The van der Waals surface area contributed by atoms with E-state index < -0.39 is 41.9 Å². The van der Waals surface area contributed by atoms with Crippen molar-refractivity contribution in [2.45, 2.75) is 6.18 Å². The Labute approximate surface area is 103 Å². The molecule has 1 amide bonds. The molecule has 0 bridgehead atoms. The molecule has 1 aromatic rings. The number of carbonyl (C=O) groups is 2. The number of amides is 1. The van der Waals surface area contributed by atoms with Gasteiger partial charge >= 0.3 is 12.3 Å². The first-order chi connectivity index (χ1) is 8.70. The van der Waals surface area contributed by atoms with Gasteiger partial charge in [0.15, 0.2) is 0 Å². The molecule has 0 saturated carbocycles. The lowest BCUT2D eigenvalue weighted by atomic mass is 10.2. The zero-order valence-electron chi connectivity index (χ0n) is 9.08. The molecule has 0 radical (unpaired) electrons. The Morgan fingerprint density at radius 2 is 1.95 bits per heavy atom. The second-order valence-corrected chi connectivity index (χ2v) is 3.27. The summed E-state index contributed by atoms with van der Waals surface area (Å²) in [6.07, 6.45) is -6.12. The van der Waals surface area contributed by atoms with Crippen molar-refractivity contribution in [2.75, 3.05) is 11.9 Å². The summed E-state index contributed by atoms with van der Waals surface area (Å²) in [7, 11) is 0. The van der Waals surface area contributed by atoms with Gasteiger partial charge in [0.25, 0.3) is 0 Å². The molecular weight excluding hydrogens is 274 g/mol. The number of carbonyl (C=O) groups excluding carboxylic acids is 2. The average Bonchev–Trinajstić information content (AvgIpc) is 2.28. The normalized spacial score (nSPS) is 10.9. The lowest BCUT2D eigenvalue weighted by Gasteiger charge is -2.11. The zero-order valence-corrected chi connectivity index (χ0v) is 9.08. The highest BCUT2D eigenvalue weighted by atomic mass is 19.4. The van der Waals surface area contributed by atoms with Gasteiger partial charge in [-0.15, -0.1) is 0 Å². The first kappa shape index (κ1) is 14.7. The van der Waals surface area contributed by atoms with Crippen LogP contribution in [0.25, 0.3) is 0 Å². The van der Waals surface area contributed by atoms with Gasteiger partial charge in [-0.05, 0) is 18.2 Å². The molecule has 5 nitrogen and oxygen atoms in total. The van der Waals surface area contributed by atoms with Crippen LogP contribution in [0.1, 0.15) is 5.56 Å². The van der Waals surface area contributed by atoms with E-state index in [1.165, 1.54) is 0 Å². The lowest BCUT2D eigenvalue weighted by Crippen LogP contribution is -2.30. The van der Waals surface area contributed by atoms with Crippen molar-refractivity contribution < 1.29 is 37.0 Å². The summed E-state index contributed by atoms with van der Waals surface area (Å²) in [5.74, 6) is -2.84. The minimum atomic E-state index is -4.71. The number of rotatable bonds is 3. The van der Waals surface area contributed by atoms with Crippen LogP contribution in [0.15, 0.2) is 18.2 Å². The number of alkyl halides is 3. The number of carboxylic acids is 1. The molecule has 9 heteroatoms. The van der Waals surface area contributed by atoms with Crippen molar-refractivity contribution in [2.24, 2.45) is 0 Å². The molecule has 104 valence electrons. The predicted molar refractivity (Wildman–Crippen MR) is 51.4 cm³/mol. The van der Waals surface area contributed by atoms with Crippen LogP contribution in [-0.2, 0) is 15.7 Å². The highest BCUT2D eigenvalue weighted by molar-refractivity contribution is 5.86. The van der Waals surface area contributed by atoms with Crippen LogP contribution in [0.4, 0.5) is 28.0 Å². The minimum Gasteiger partial charge on any atom is -0.546 e. The molecule has 0 aliphatic carbocycles.